The Labute approximate surface area is 141 Å². The van der Waals surface area contributed by atoms with E-state index in [-0.39, 0.29) is 11.3 Å². The molecule has 0 bridgehead atoms. The number of hydrogen-bond acceptors (Lipinski definition) is 5. The largest absolute Gasteiger partial charge is 0.493 e. The van der Waals surface area contributed by atoms with E-state index in [9.17, 15) is 4.79 Å². The Kier molecular flexibility index (Phi) is 5.23. The number of ether oxygens (including phenoxy) is 2. The van der Waals surface area contributed by atoms with Crippen molar-refractivity contribution in [3.63, 3.8) is 0 Å². The van der Waals surface area contributed by atoms with Crippen molar-refractivity contribution in [2.24, 2.45) is 5.10 Å². The van der Waals surface area contributed by atoms with Crippen LogP contribution in [0.3, 0.4) is 0 Å². The van der Waals surface area contributed by atoms with Crippen LogP contribution >= 0.6 is 0 Å². The number of benzene rings is 1. The van der Waals surface area contributed by atoms with E-state index in [4.69, 9.17) is 9.47 Å². The molecule has 0 unspecified atom stereocenters. The zero-order chi connectivity index (χ0) is 17.7. The summed E-state index contributed by atoms with van der Waals surface area (Å²) in [7, 11) is 3.13. The van der Waals surface area contributed by atoms with E-state index in [1.54, 1.807) is 32.4 Å². The summed E-state index contributed by atoms with van der Waals surface area (Å²) < 4.78 is 10.4. The number of carbonyl (C=O) groups excluding carboxylic acids is 1. The fourth-order valence-corrected chi connectivity index (χ4v) is 1.98. The summed E-state index contributed by atoms with van der Waals surface area (Å²) >= 11 is 0. The highest BCUT2D eigenvalue weighted by atomic mass is 16.5. The van der Waals surface area contributed by atoms with Gasteiger partial charge in [0.2, 0.25) is 0 Å². The number of aromatic nitrogens is 2. The van der Waals surface area contributed by atoms with Gasteiger partial charge >= 0.3 is 0 Å². The summed E-state index contributed by atoms with van der Waals surface area (Å²) in [4.78, 5) is 12.0. The first kappa shape index (κ1) is 17.5. The molecule has 0 atom stereocenters. The van der Waals surface area contributed by atoms with Gasteiger partial charge in [0.1, 0.15) is 0 Å². The standard InChI is InChI=1S/C17H22N4O3/c1-17(2,3)15-9-12(19-20-15)16(22)21-18-10-11-6-7-13(23-4)14(8-11)24-5/h6-10H,1-5H3,(H,19,20)(H,21,22)/b18-10+. The van der Waals surface area contributed by atoms with Crippen molar-refractivity contribution in [1.82, 2.24) is 15.6 Å². The van der Waals surface area contributed by atoms with E-state index in [1.165, 1.54) is 6.21 Å². The third kappa shape index (κ3) is 4.13. The van der Waals surface area contributed by atoms with Crippen LogP contribution in [0.4, 0.5) is 0 Å². The van der Waals surface area contributed by atoms with Gasteiger partial charge in [-0.1, -0.05) is 20.8 Å². The molecule has 2 aromatic rings. The van der Waals surface area contributed by atoms with Crippen LogP contribution in [0.15, 0.2) is 29.4 Å². The average Bonchev–Trinajstić information content (AvgIpc) is 3.05. The van der Waals surface area contributed by atoms with Crippen molar-refractivity contribution < 1.29 is 14.3 Å². The number of nitrogens with one attached hydrogen (secondary N) is 2. The monoisotopic (exact) mass is 330 g/mol. The zero-order valence-corrected chi connectivity index (χ0v) is 14.5. The van der Waals surface area contributed by atoms with Gasteiger partial charge in [0.25, 0.3) is 5.91 Å². The molecule has 128 valence electrons. The highest BCUT2D eigenvalue weighted by molar-refractivity contribution is 5.93. The second kappa shape index (κ2) is 7.16. The summed E-state index contributed by atoms with van der Waals surface area (Å²) in [5, 5.41) is 10.8. The van der Waals surface area contributed by atoms with Gasteiger partial charge in [0.05, 0.1) is 20.4 Å². The minimum atomic E-state index is -0.376. The quantitative estimate of drug-likeness (QED) is 0.651. The lowest BCUT2D eigenvalue weighted by molar-refractivity contribution is 0.0950. The summed E-state index contributed by atoms with van der Waals surface area (Å²) in [6.45, 7) is 6.12. The number of nitrogens with zero attached hydrogens (tertiary/aromatic N) is 2. The first-order valence-corrected chi connectivity index (χ1v) is 7.46. The number of H-pyrrole nitrogens is 1. The van der Waals surface area contributed by atoms with E-state index in [0.717, 1.165) is 11.3 Å². The van der Waals surface area contributed by atoms with E-state index < -0.39 is 0 Å². The highest BCUT2D eigenvalue weighted by Gasteiger charge is 2.19. The lowest BCUT2D eigenvalue weighted by Crippen LogP contribution is -2.18. The molecule has 0 fully saturated rings. The fourth-order valence-electron chi connectivity index (χ4n) is 1.98. The van der Waals surface area contributed by atoms with Gasteiger partial charge in [-0.05, 0) is 29.8 Å². The van der Waals surface area contributed by atoms with Crippen LogP contribution in [0.5, 0.6) is 11.5 Å². The lowest BCUT2D eigenvalue weighted by Gasteiger charge is -2.14. The van der Waals surface area contributed by atoms with E-state index in [0.29, 0.717) is 17.2 Å². The van der Waals surface area contributed by atoms with Crippen molar-refractivity contribution in [3.05, 3.63) is 41.2 Å². The first-order chi connectivity index (χ1) is 11.3. The maximum Gasteiger partial charge on any atom is 0.291 e. The molecule has 0 aliphatic heterocycles. The fraction of sp³-hybridized carbons (Fsp3) is 0.353. The second-order valence-corrected chi connectivity index (χ2v) is 6.23. The summed E-state index contributed by atoms with van der Waals surface area (Å²) in [6, 6.07) is 7.07. The van der Waals surface area contributed by atoms with Crippen LogP contribution in [0.1, 0.15) is 42.5 Å². The maximum atomic E-state index is 12.0. The molecule has 0 saturated heterocycles. The molecule has 1 aromatic carbocycles. The van der Waals surface area contributed by atoms with Crippen molar-refractivity contribution in [2.45, 2.75) is 26.2 Å². The predicted octanol–water partition coefficient (Wildman–Crippen LogP) is 2.49. The zero-order valence-electron chi connectivity index (χ0n) is 14.5. The van der Waals surface area contributed by atoms with Crippen molar-refractivity contribution in [1.29, 1.82) is 0 Å². The molecular weight excluding hydrogens is 308 g/mol. The highest BCUT2D eigenvalue weighted by Crippen LogP contribution is 2.26. The number of methoxy groups -OCH3 is 2. The molecule has 1 aromatic heterocycles. The minimum absolute atomic E-state index is 0.103. The molecule has 0 aliphatic carbocycles. The molecule has 0 spiro atoms. The van der Waals surface area contributed by atoms with E-state index >= 15 is 0 Å². The maximum absolute atomic E-state index is 12.0. The molecule has 2 rings (SSSR count). The Balaban J connectivity index is 2.03. The molecular formula is C17H22N4O3. The third-order valence-electron chi connectivity index (χ3n) is 3.41. The minimum Gasteiger partial charge on any atom is -0.493 e. The number of rotatable bonds is 5. The average molecular weight is 330 g/mol. The Hall–Kier alpha value is -2.83. The van der Waals surface area contributed by atoms with Gasteiger partial charge in [-0.15, -0.1) is 0 Å². The van der Waals surface area contributed by atoms with Crippen LogP contribution in [0, 0.1) is 0 Å². The van der Waals surface area contributed by atoms with Crippen LogP contribution in [-0.4, -0.2) is 36.5 Å². The molecule has 7 heteroatoms. The van der Waals surface area contributed by atoms with Gasteiger partial charge in [0, 0.05) is 11.1 Å². The van der Waals surface area contributed by atoms with Crippen molar-refractivity contribution in [2.75, 3.05) is 14.2 Å². The van der Waals surface area contributed by atoms with Gasteiger partial charge < -0.3 is 9.47 Å². The van der Waals surface area contributed by atoms with Crippen LogP contribution in [-0.2, 0) is 5.41 Å². The van der Waals surface area contributed by atoms with Gasteiger partial charge in [-0.25, -0.2) is 5.43 Å². The molecule has 2 N–H and O–H groups in total. The number of amides is 1. The summed E-state index contributed by atoms with van der Waals surface area (Å²) in [5.74, 6) is 0.846. The summed E-state index contributed by atoms with van der Waals surface area (Å²) in [6.07, 6.45) is 1.52. The van der Waals surface area contributed by atoms with E-state index in [2.05, 4.69) is 20.7 Å². The first-order valence-electron chi connectivity index (χ1n) is 7.46. The van der Waals surface area contributed by atoms with Gasteiger partial charge in [0.15, 0.2) is 17.2 Å². The van der Waals surface area contributed by atoms with Crippen LogP contribution in [0.2, 0.25) is 0 Å². The topological polar surface area (TPSA) is 88.6 Å². The summed E-state index contributed by atoms with van der Waals surface area (Å²) in [5.41, 5.74) is 4.30. The SMILES string of the molecule is COc1ccc(/C=N/NC(=O)c2cc(C(C)(C)C)[nH]n2)cc1OC. The molecule has 0 aliphatic rings. The van der Waals surface area contributed by atoms with Crippen LogP contribution in [0.25, 0.3) is 0 Å². The molecule has 0 radical (unpaired) electrons. The van der Waals surface area contributed by atoms with Crippen LogP contribution < -0.4 is 14.9 Å². The predicted molar refractivity (Wildman–Crippen MR) is 91.9 cm³/mol. The molecule has 7 nitrogen and oxygen atoms in total. The third-order valence-corrected chi connectivity index (χ3v) is 3.41. The molecule has 1 heterocycles. The Morgan fingerprint density at radius 1 is 1.21 bits per heavy atom. The molecule has 1 amide bonds. The Bertz CT molecular complexity index is 745. The smallest absolute Gasteiger partial charge is 0.291 e. The van der Waals surface area contributed by atoms with Crippen molar-refractivity contribution in [3.8, 4) is 11.5 Å². The number of aromatic amines is 1. The van der Waals surface area contributed by atoms with Gasteiger partial charge in [-0.2, -0.15) is 10.2 Å². The number of hydrogen-bond donors (Lipinski definition) is 2. The normalized spacial score (nSPS) is 11.5. The Morgan fingerprint density at radius 3 is 2.50 bits per heavy atom. The van der Waals surface area contributed by atoms with E-state index in [1.807, 2.05) is 26.8 Å². The second-order valence-electron chi connectivity index (χ2n) is 6.23. The number of hydrazone groups is 1. The molecule has 24 heavy (non-hydrogen) atoms. The van der Waals surface area contributed by atoms with Gasteiger partial charge in [-0.3, -0.25) is 9.89 Å². The molecule has 0 saturated carbocycles. The number of carbonyl (C=O) groups is 1. The Morgan fingerprint density at radius 2 is 1.92 bits per heavy atom. The lowest BCUT2D eigenvalue weighted by atomic mass is 9.92. The van der Waals surface area contributed by atoms with Crippen molar-refractivity contribution >= 4 is 12.1 Å².